The molecule has 4 rings (SSSR count). The van der Waals surface area contributed by atoms with Gasteiger partial charge in [-0.1, -0.05) is 0 Å². The van der Waals surface area contributed by atoms with E-state index in [1.807, 2.05) is 55.9 Å². The fourth-order valence-corrected chi connectivity index (χ4v) is 3.25. The largest absolute Gasteiger partial charge is 0.497 e. The fourth-order valence-electron chi connectivity index (χ4n) is 3.25. The van der Waals surface area contributed by atoms with Crippen molar-refractivity contribution in [2.24, 2.45) is 12.1 Å². The third-order valence-corrected chi connectivity index (χ3v) is 4.74. The molecule has 6 heteroatoms. The molecule has 1 unspecified atom stereocenters. The molecule has 3 heterocycles. The van der Waals surface area contributed by atoms with Crippen LogP contribution in [0.1, 0.15) is 17.9 Å². The van der Waals surface area contributed by atoms with Crippen molar-refractivity contribution in [2.45, 2.75) is 12.3 Å². The van der Waals surface area contributed by atoms with E-state index in [1.54, 1.807) is 7.11 Å². The monoisotopic (exact) mass is 335 g/mol. The number of fused-ring (bicyclic) bond motifs is 1. The molecule has 1 aromatic carbocycles. The van der Waals surface area contributed by atoms with Crippen LogP contribution in [0.4, 0.5) is 0 Å². The number of hydrogen-bond donors (Lipinski definition) is 0. The van der Waals surface area contributed by atoms with Crippen LogP contribution < -0.4 is 4.74 Å². The summed E-state index contributed by atoms with van der Waals surface area (Å²) in [6.07, 6.45) is 6.85. The number of methoxy groups -OCH3 is 1. The Morgan fingerprint density at radius 2 is 2.04 bits per heavy atom. The first-order valence-corrected chi connectivity index (χ1v) is 8.37. The van der Waals surface area contributed by atoms with E-state index in [-0.39, 0.29) is 0 Å². The second-order valence-electron chi connectivity index (χ2n) is 6.40. The van der Waals surface area contributed by atoms with Crippen LogP contribution in [0.3, 0.4) is 0 Å². The summed E-state index contributed by atoms with van der Waals surface area (Å²) in [5.74, 6) is 2.02. The second-order valence-corrected chi connectivity index (χ2v) is 6.40. The first-order chi connectivity index (χ1) is 12.2. The Bertz CT molecular complexity index is 946. The number of aromatic nitrogens is 3. The molecule has 1 aliphatic heterocycles. The zero-order valence-corrected chi connectivity index (χ0v) is 14.7. The number of ether oxygens (including phenoxy) is 1. The van der Waals surface area contributed by atoms with Crippen LogP contribution in [0.5, 0.6) is 5.75 Å². The fraction of sp³-hybridized carbons (Fsp3) is 0.316. The van der Waals surface area contributed by atoms with Crippen LogP contribution in [0.2, 0.25) is 0 Å². The maximum absolute atomic E-state index is 5.30. The van der Waals surface area contributed by atoms with E-state index in [2.05, 4.69) is 20.7 Å². The molecule has 3 aromatic rings. The standard InChI is InChI=1S/C19H21N5O/c1-23-7-6-13(12-21-23)14-8-15(11-20-10-14)19-22-17-9-16(25-3)4-5-18(17)24(19)2/h4-5,8-13H,6-7H2,1-3H3. The first-order valence-electron chi connectivity index (χ1n) is 8.37. The average Bonchev–Trinajstić information content (AvgIpc) is 2.98. The average molecular weight is 335 g/mol. The van der Waals surface area contributed by atoms with E-state index in [0.717, 1.165) is 41.1 Å². The number of hydrazone groups is 1. The Morgan fingerprint density at radius 1 is 1.16 bits per heavy atom. The summed E-state index contributed by atoms with van der Waals surface area (Å²) in [5, 5.41) is 6.37. The minimum absolute atomic E-state index is 0.304. The normalized spacial score (nSPS) is 17.2. The Hall–Kier alpha value is -2.89. The Morgan fingerprint density at radius 3 is 2.80 bits per heavy atom. The van der Waals surface area contributed by atoms with Crippen molar-refractivity contribution < 1.29 is 4.74 Å². The van der Waals surface area contributed by atoms with Gasteiger partial charge >= 0.3 is 0 Å². The van der Waals surface area contributed by atoms with Gasteiger partial charge in [0.25, 0.3) is 0 Å². The Labute approximate surface area is 146 Å². The van der Waals surface area contributed by atoms with Crippen molar-refractivity contribution in [3.05, 3.63) is 42.2 Å². The van der Waals surface area contributed by atoms with Crippen molar-refractivity contribution in [3.63, 3.8) is 0 Å². The number of hydrogen-bond acceptors (Lipinski definition) is 5. The van der Waals surface area contributed by atoms with Gasteiger partial charge in [-0.2, -0.15) is 5.10 Å². The number of pyridine rings is 1. The summed E-state index contributed by atoms with van der Waals surface area (Å²) in [4.78, 5) is 9.24. The molecule has 0 saturated heterocycles. The molecule has 0 spiro atoms. The number of aryl methyl sites for hydroxylation is 1. The minimum Gasteiger partial charge on any atom is -0.497 e. The SMILES string of the molecule is COc1ccc2c(c1)nc(-c1cncc(C3C=NN(C)CC3)c1)n2C. The second kappa shape index (κ2) is 6.20. The van der Waals surface area contributed by atoms with Gasteiger partial charge in [-0.15, -0.1) is 0 Å². The predicted molar refractivity (Wildman–Crippen MR) is 99.0 cm³/mol. The van der Waals surface area contributed by atoms with Gasteiger partial charge in [0.05, 0.1) is 18.1 Å². The quantitative estimate of drug-likeness (QED) is 0.738. The molecule has 1 atom stereocenters. The van der Waals surface area contributed by atoms with Gasteiger partial charge in [-0.05, 0) is 30.2 Å². The molecule has 0 saturated carbocycles. The minimum atomic E-state index is 0.304. The molecule has 6 nitrogen and oxygen atoms in total. The summed E-state index contributed by atoms with van der Waals surface area (Å²) in [6, 6.07) is 8.12. The summed E-state index contributed by atoms with van der Waals surface area (Å²) >= 11 is 0. The molecule has 0 amide bonds. The van der Waals surface area contributed by atoms with E-state index < -0.39 is 0 Å². The molecule has 1 aliphatic rings. The van der Waals surface area contributed by atoms with E-state index in [0.29, 0.717) is 5.92 Å². The van der Waals surface area contributed by atoms with Gasteiger partial charge in [-0.25, -0.2) is 4.98 Å². The number of imidazole rings is 1. The lowest BCUT2D eigenvalue weighted by molar-refractivity contribution is 0.329. The van der Waals surface area contributed by atoms with Crippen LogP contribution in [-0.2, 0) is 7.05 Å². The van der Waals surface area contributed by atoms with Crippen LogP contribution >= 0.6 is 0 Å². The van der Waals surface area contributed by atoms with Crippen LogP contribution in [0.25, 0.3) is 22.4 Å². The topological polar surface area (TPSA) is 55.5 Å². The highest BCUT2D eigenvalue weighted by Crippen LogP contribution is 2.28. The highest BCUT2D eigenvalue weighted by molar-refractivity contribution is 5.82. The van der Waals surface area contributed by atoms with Gasteiger partial charge < -0.3 is 14.3 Å². The molecular weight excluding hydrogens is 314 g/mol. The summed E-state index contributed by atoms with van der Waals surface area (Å²) < 4.78 is 7.40. The smallest absolute Gasteiger partial charge is 0.142 e. The van der Waals surface area contributed by atoms with E-state index in [9.17, 15) is 0 Å². The van der Waals surface area contributed by atoms with Crippen molar-refractivity contribution in [1.82, 2.24) is 19.5 Å². The van der Waals surface area contributed by atoms with Crippen LogP contribution in [0, 0.1) is 0 Å². The van der Waals surface area contributed by atoms with E-state index in [4.69, 9.17) is 9.72 Å². The van der Waals surface area contributed by atoms with Gasteiger partial charge in [0, 0.05) is 56.8 Å². The van der Waals surface area contributed by atoms with Crippen molar-refractivity contribution in [3.8, 4) is 17.1 Å². The van der Waals surface area contributed by atoms with Crippen LogP contribution in [-0.4, -0.2) is 46.5 Å². The summed E-state index contributed by atoms with van der Waals surface area (Å²) in [5.41, 5.74) is 4.19. The first kappa shape index (κ1) is 15.6. The molecule has 25 heavy (non-hydrogen) atoms. The maximum atomic E-state index is 5.30. The molecule has 2 aromatic heterocycles. The summed E-state index contributed by atoms with van der Waals surface area (Å²) in [6.45, 7) is 0.956. The lowest BCUT2D eigenvalue weighted by Crippen LogP contribution is -2.22. The number of nitrogens with zero attached hydrogens (tertiary/aromatic N) is 5. The van der Waals surface area contributed by atoms with Gasteiger partial charge in [0.15, 0.2) is 0 Å². The van der Waals surface area contributed by atoms with Gasteiger partial charge in [0.1, 0.15) is 11.6 Å². The van der Waals surface area contributed by atoms with Gasteiger partial charge in [-0.3, -0.25) is 4.98 Å². The third kappa shape index (κ3) is 2.84. The van der Waals surface area contributed by atoms with E-state index in [1.165, 1.54) is 5.56 Å². The zero-order chi connectivity index (χ0) is 17.4. The highest BCUT2D eigenvalue weighted by Gasteiger charge is 2.17. The summed E-state index contributed by atoms with van der Waals surface area (Å²) in [7, 11) is 5.69. The molecule has 0 aliphatic carbocycles. The van der Waals surface area contributed by atoms with Crippen molar-refractivity contribution in [1.29, 1.82) is 0 Å². The molecule has 0 radical (unpaired) electrons. The lowest BCUT2D eigenvalue weighted by atomic mass is 9.96. The van der Waals surface area contributed by atoms with E-state index >= 15 is 0 Å². The predicted octanol–water partition coefficient (Wildman–Crippen LogP) is 3.05. The molecular formula is C19H21N5O. The van der Waals surface area contributed by atoms with Crippen molar-refractivity contribution >= 4 is 17.2 Å². The Balaban J connectivity index is 1.75. The molecule has 0 fully saturated rings. The number of benzene rings is 1. The van der Waals surface area contributed by atoms with Crippen LogP contribution in [0.15, 0.2) is 41.8 Å². The maximum Gasteiger partial charge on any atom is 0.142 e. The molecule has 0 N–H and O–H groups in total. The number of rotatable bonds is 3. The lowest BCUT2D eigenvalue weighted by Gasteiger charge is -2.23. The Kier molecular flexibility index (Phi) is 3.87. The van der Waals surface area contributed by atoms with Gasteiger partial charge in [0.2, 0.25) is 0 Å². The molecule has 0 bridgehead atoms. The zero-order valence-electron chi connectivity index (χ0n) is 14.7. The van der Waals surface area contributed by atoms with Crippen molar-refractivity contribution in [2.75, 3.05) is 20.7 Å². The molecule has 128 valence electrons. The third-order valence-electron chi connectivity index (χ3n) is 4.74. The highest BCUT2D eigenvalue weighted by atomic mass is 16.5.